The first-order chi connectivity index (χ1) is 6.52. The van der Waals surface area contributed by atoms with Gasteiger partial charge in [-0.3, -0.25) is 0 Å². The quantitative estimate of drug-likeness (QED) is 0.587. The van der Waals surface area contributed by atoms with E-state index in [0.29, 0.717) is 12.0 Å². The van der Waals surface area contributed by atoms with Gasteiger partial charge in [0.2, 0.25) is 0 Å². The van der Waals surface area contributed by atoms with Crippen molar-refractivity contribution in [3.63, 3.8) is 0 Å². The zero-order valence-electron chi connectivity index (χ0n) is 10.5. The van der Waals surface area contributed by atoms with E-state index in [0.717, 1.165) is 12.3 Å². The van der Waals surface area contributed by atoms with Crippen LogP contribution in [0, 0.1) is 11.3 Å². The number of rotatable bonds is 8. The first kappa shape index (κ1) is 14.0. The van der Waals surface area contributed by atoms with Crippen LogP contribution in [0.15, 0.2) is 0 Å². The summed E-state index contributed by atoms with van der Waals surface area (Å²) in [5.41, 5.74) is 0.320. The van der Waals surface area contributed by atoms with E-state index in [4.69, 9.17) is 5.11 Å². The molecule has 1 heteroatoms. The molecule has 1 atom stereocenters. The highest BCUT2D eigenvalue weighted by Gasteiger charge is 2.19. The molecule has 0 aromatic heterocycles. The van der Waals surface area contributed by atoms with Crippen molar-refractivity contribution in [3.05, 3.63) is 0 Å². The Morgan fingerprint density at radius 3 is 2.36 bits per heavy atom. The van der Waals surface area contributed by atoms with Crippen LogP contribution < -0.4 is 0 Å². The molecule has 0 spiro atoms. The standard InChI is InChI=1S/C13H28O/c1-5-6-7-8-12(2)11-13(3,4)9-10-14/h12,14H,5-11H2,1-4H3. The topological polar surface area (TPSA) is 20.2 Å². The van der Waals surface area contributed by atoms with Gasteiger partial charge in [0.1, 0.15) is 0 Å². The Bertz CT molecular complexity index is 129. The number of hydrogen-bond acceptors (Lipinski definition) is 1. The molecule has 0 aromatic rings. The SMILES string of the molecule is CCCCCC(C)CC(C)(C)CCO. The van der Waals surface area contributed by atoms with E-state index in [1.807, 2.05) is 0 Å². The normalized spacial score (nSPS) is 14.4. The molecule has 14 heavy (non-hydrogen) atoms. The van der Waals surface area contributed by atoms with Gasteiger partial charge in [-0.15, -0.1) is 0 Å². The zero-order valence-corrected chi connectivity index (χ0v) is 10.5. The third-order valence-electron chi connectivity index (χ3n) is 2.99. The largest absolute Gasteiger partial charge is 0.396 e. The monoisotopic (exact) mass is 200 g/mol. The summed E-state index contributed by atoms with van der Waals surface area (Å²) in [6.45, 7) is 9.45. The molecule has 0 fully saturated rings. The van der Waals surface area contributed by atoms with Gasteiger partial charge in [0.25, 0.3) is 0 Å². The lowest BCUT2D eigenvalue weighted by Gasteiger charge is -2.27. The number of aliphatic hydroxyl groups is 1. The molecule has 0 heterocycles. The van der Waals surface area contributed by atoms with E-state index < -0.39 is 0 Å². The maximum atomic E-state index is 8.93. The molecule has 1 unspecified atom stereocenters. The second-order valence-electron chi connectivity index (χ2n) is 5.44. The average Bonchev–Trinajstić information content (AvgIpc) is 2.03. The number of hydrogen-bond donors (Lipinski definition) is 1. The Morgan fingerprint density at radius 2 is 1.86 bits per heavy atom. The van der Waals surface area contributed by atoms with Crippen LogP contribution in [0.2, 0.25) is 0 Å². The van der Waals surface area contributed by atoms with Crippen LogP contribution in [-0.4, -0.2) is 11.7 Å². The molecule has 0 aliphatic rings. The van der Waals surface area contributed by atoms with E-state index in [9.17, 15) is 0 Å². The summed E-state index contributed by atoms with van der Waals surface area (Å²) in [5.74, 6) is 0.808. The van der Waals surface area contributed by atoms with Crippen molar-refractivity contribution in [1.82, 2.24) is 0 Å². The van der Waals surface area contributed by atoms with E-state index in [1.165, 1.54) is 32.1 Å². The fourth-order valence-electron chi connectivity index (χ4n) is 2.19. The van der Waals surface area contributed by atoms with Gasteiger partial charge in [-0.25, -0.2) is 0 Å². The van der Waals surface area contributed by atoms with Crippen LogP contribution >= 0.6 is 0 Å². The predicted molar refractivity (Wildman–Crippen MR) is 63.4 cm³/mol. The van der Waals surface area contributed by atoms with Gasteiger partial charge in [-0.05, 0) is 24.2 Å². The summed E-state index contributed by atoms with van der Waals surface area (Å²) < 4.78 is 0. The molecule has 0 saturated carbocycles. The Morgan fingerprint density at radius 1 is 1.21 bits per heavy atom. The van der Waals surface area contributed by atoms with Gasteiger partial charge in [0.05, 0.1) is 0 Å². The van der Waals surface area contributed by atoms with E-state index in [-0.39, 0.29) is 0 Å². The fourth-order valence-corrected chi connectivity index (χ4v) is 2.19. The van der Waals surface area contributed by atoms with Crippen molar-refractivity contribution in [3.8, 4) is 0 Å². The van der Waals surface area contributed by atoms with Crippen molar-refractivity contribution in [2.24, 2.45) is 11.3 Å². The summed E-state index contributed by atoms with van der Waals surface area (Å²) in [4.78, 5) is 0. The van der Waals surface area contributed by atoms with Gasteiger partial charge >= 0.3 is 0 Å². The maximum Gasteiger partial charge on any atom is 0.0436 e. The summed E-state index contributed by atoms with van der Waals surface area (Å²) in [7, 11) is 0. The second kappa shape index (κ2) is 7.28. The molecule has 0 saturated heterocycles. The average molecular weight is 200 g/mol. The van der Waals surface area contributed by atoms with Crippen LogP contribution in [0.1, 0.15) is 66.2 Å². The minimum atomic E-state index is 0.320. The molecule has 86 valence electrons. The van der Waals surface area contributed by atoms with Crippen LogP contribution in [0.3, 0.4) is 0 Å². The molecule has 1 nitrogen and oxygen atoms in total. The summed E-state index contributed by atoms with van der Waals surface area (Å²) in [6.07, 6.45) is 7.58. The minimum absolute atomic E-state index is 0.320. The molecule has 0 radical (unpaired) electrons. The van der Waals surface area contributed by atoms with E-state index >= 15 is 0 Å². The van der Waals surface area contributed by atoms with Crippen molar-refractivity contribution in [2.45, 2.75) is 66.2 Å². The molecule has 0 aromatic carbocycles. The predicted octanol–water partition coefficient (Wildman–Crippen LogP) is 4.00. The molecule has 0 bridgehead atoms. The Labute approximate surface area is 89.9 Å². The Hall–Kier alpha value is -0.0400. The lowest BCUT2D eigenvalue weighted by Crippen LogP contribution is -2.17. The van der Waals surface area contributed by atoms with Crippen molar-refractivity contribution in [1.29, 1.82) is 0 Å². The number of aliphatic hydroxyl groups excluding tert-OH is 1. The first-order valence-corrected chi connectivity index (χ1v) is 6.12. The molecular weight excluding hydrogens is 172 g/mol. The van der Waals surface area contributed by atoms with Gasteiger partial charge in [0.15, 0.2) is 0 Å². The molecule has 0 rings (SSSR count). The molecule has 0 aliphatic heterocycles. The highest BCUT2D eigenvalue weighted by Crippen LogP contribution is 2.30. The number of unbranched alkanes of at least 4 members (excludes halogenated alkanes) is 2. The minimum Gasteiger partial charge on any atom is -0.396 e. The van der Waals surface area contributed by atoms with Crippen molar-refractivity contribution >= 4 is 0 Å². The van der Waals surface area contributed by atoms with Gasteiger partial charge < -0.3 is 5.11 Å². The van der Waals surface area contributed by atoms with Crippen molar-refractivity contribution < 1.29 is 5.11 Å². The smallest absolute Gasteiger partial charge is 0.0436 e. The zero-order chi connectivity index (χ0) is 11.0. The van der Waals surface area contributed by atoms with Gasteiger partial charge in [-0.2, -0.15) is 0 Å². The summed E-state index contributed by atoms with van der Waals surface area (Å²) >= 11 is 0. The molecule has 0 amide bonds. The van der Waals surface area contributed by atoms with Crippen LogP contribution in [-0.2, 0) is 0 Å². The summed E-state index contributed by atoms with van der Waals surface area (Å²) in [5, 5.41) is 8.93. The third kappa shape index (κ3) is 7.37. The van der Waals surface area contributed by atoms with Crippen molar-refractivity contribution in [2.75, 3.05) is 6.61 Å². The first-order valence-electron chi connectivity index (χ1n) is 6.12. The maximum absolute atomic E-state index is 8.93. The van der Waals surface area contributed by atoms with Gasteiger partial charge in [0, 0.05) is 6.61 Å². The lowest BCUT2D eigenvalue weighted by atomic mass is 9.79. The van der Waals surface area contributed by atoms with Crippen LogP contribution in [0.4, 0.5) is 0 Å². The molecular formula is C13H28O. The van der Waals surface area contributed by atoms with Crippen LogP contribution in [0.5, 0.6) is 0 Å². The highest BCUT2D eigenvalue weighted by atomic mass is 16.3. The molecule has 0 aliphatic carbocycles. The summed E-state index contributed by atoms with van der Waals surface area (Å²) in [6, 6.07) is 0. The second-order valence-corrected chi connectivity index (χ2v) is 5.44. The lowest BCUT2D eigenvalue weighted by molar-refractivity contribution is 0.180. The van der Waals surface area contributed by atoms with Gasteiger partial charge in [-0.1, -0.05) is 53.4 Å². The highest BCUT2D eigenvalue weighted by molar-refractivity contribution is 4.71. The van der Waals surface area contributed by atoms with E-state index in [1.54, 1.807) is 0 Å². The van der Waals surface area contributed by atoms with E-state index in [2.05, 4.69) is 27.7 Å². The van der Waals surface area contributed by atoms with Crippen LogP contribution in [0.25, 0.3) is 0 Å². The Kier molecular flexibility index (Phi) is 7.26. The third-order valence-corrected chi connectivity index (χ3v) is 2.99. The Balaban J connectivity index is 3.63. The fraction of sp³-hybridized carbons (Fsp3) is 1.00. The molecule has 1 N–H and O–H groups in total.